The number of fused-ring (bicyclic) bond motifs is 2. The second kappa shape index (κ2) is 3.83. The molecule has 2 aliphatic rings. The van der Waals surface area contributed by atoms with Gasteiger partial charge in [0.15, 0.2) is 0 Å². The minimum absolute atomic E-state index is 0.579. The Morgan fingerprint density at radius 2 is 1.81 bits per heavy atom. The molecule has 1 saturated carbocycles. The summed E-state index contributed by atoms with van der Waals surface area (Å²) in [6.45, 7) is 2.35. The van der Waals surface area contributed by atoms with Crippen LogP contribution in [0.3, 0.4) is 0 Å². The first kappa shape index (κ1) is 9.73. The van der Waals surface area contributed by atoms with Crippen LogP contribution in [0, 0.1) is 35.5 Å². The van der Waals surface area contributed by atoms with Crippen LogP contribution in [0.2, 0.25) is 0 Å². The van der Waals surface area contributed by atoms with Gasteiger partial charge in [-0.2, -0.15) is 0 Å². The van der Waals surface area contributed by atoms with Crippen molar-refractivity contribution in [2.45, 2.75) is 13.3 Å². The lowest BCUT2D eigenvalue weighted by molar-refractivity contribution is 0.415. The predicted molar refractivity (Wildman–Crippen MR) is 66.7 cm³/mol. The molecule has 0 spiro atoms. The maximum atomic E-state index is 3.48. The van der Waals surface area contributed by atoms with Gasteiger partial charge in [0.05, 0.1) is 0 Å². The van der Waals surface area contributed by atoms with Gasteiger partial charge in [-0.3, -0.25) is 0 Å². The van der Waals surface area contributed by atoms with E-state index in [2.05, 4.69) is 43.0 Å². The molecule has 0 aromatic heterocycles. The van der Waals surface area contributed by atoms with E-state index in [4.69, 9.17) is 0 Å². The van der Waals surface area contributed by atoms with Crippen molar-refractivity contribution in [3.8, 4) is 11.8 Å². The quantitative estimate of drug-likeness (QED) is 0.452. The molecule has 4 atom stereocenters. The number of allylic oxidation sites excluding steroid dienone is 2. The van der Waals surface area contributed by atoms with Crippen LogP contribution >= 0.6 is 0 Å². The van der Waals surface area contributed by atoms with Crippen molar-refractivity contribution in [3.63, 3.8) is 0 Å². The molecule has 16 heavy (non-hydrogen) atoms. The summed E-state index contributed by atoms with van der Waals surface area (Å²) in [4.78, 5) is 0. The zero-order chi connectivity index (χ0) is 11.0. The van der Waals surface area contributed by atoms with Gasteiger partial charge in [-0.15, -0.1) is 0 Å². The summed E-state index contributed by atoms with van der Waals surface area (Å²) in [5.74, 6) is 9.63. The Hall–Kier alpha value is -1.48. The van der Waals surface area contributed by atoms with E-state index in [0.717, 1.165) is 23.3 Å². The van der Waals surface area contributed by atoms with Crippen LogP contribution in [-0.2, 0) is 0 Å². The van der Waals surface area contributed by atoms with E-state index in [0.29, 0.717) is 5.92 Å². The second-order valence-corrected chi connectivity index (χ2v) is 4.97. The van der Waals surface area contributed by atoms with E-state index in [9.17, 15) is 0 Å². The summed E-state index contributed by atoms with van der Waals surface area (Å²) >= 11 is 0. The summed E-state index contributed by atoms with van der Waals surface area (Å²) in [6.07, 6.45) is 6.08. The summed E-state index contributed by atoms with van der Waals surface area (Å²) in [5, 5.41) is 0. The van der Waals surface area contributed by atoms with Crippen molar-refractivity contribution >= 4 is 0 Å². The second-order valence-electron chi connectivity index (χ2n) is 4.97. The molecule has 1 aromatic carbocycles. The smallest absolute Gasteiger partial charge is 0.0300 e. The van der Waals surface area contributed by atoms with Crippen molar-refractivity contribution in [3.05, 3.63) is 48.0 Å². The number of rotatable bonds is 0. The maximum Gasteiger partial charge on any atom is 0.0300 e. The number of hydrogen-bond acceptors (Lipinski definition) is 0. The molecular weight excluding hydrogens is 192 g/mol. The van der Waals surface area contributed by atoms with E-state index < -0.39 is 0 Å². The molecule has 80 valence electrons. The molecule has 0 radical (unpaired) electrons. The van der Waals surface area contributed by atoms with E-state index in [1.165, 1.54) is 6.42 Å². The fourth-order valence-corrected chi connectivity index (χ4v) is 3.00. The van der Waals surface area contributed by atoms with Gasteiger partial charge in [0.1, 0.15) is 0 Å². The number of benzene rings is 1. The SMILES string of the molecule is C[C@H]1[C@@H](C#Cc2ccccc2)[C@@H]2C=C[C@H]1C2. The molecule has 1 fully saturated rings. The molecule has 2 bridgehead atoms. The van der Waals surface area contributed by atoms with Crippen molar-refractivity contribution in [2.24, 2.45) is 23.7 Å². The van der Waals surface area contributed by atoms with Gasteiger partial charge >= 0.3 is 0 Å². The highest BCUT2D eigenvalue weighted by Gasteiger charge is 2.40. The lowest BCUT2D eigenvalue weighted by Gasteiger charge is -2.19. The Bertz CT molecular complexity index is 458. The van der Waals surface area contributed by atoms with Crippen LogP contribution in [0.25, 0.3) is 0 Å². The Morgan fingerprint density at radius 1 is 1.06 bits per heavy atom. The standard InChI is InChI=1S/C16H16/c1-12-14-8-9-15(11-14)16(12)10-7-13-5-3-2-4-6-13/h2-6,8-9,12,14-16H,11H2,1H3/t12-,14+,15-,16-/m1/s1. The summed E-state index contributed by atoms with van der Waals surface area (Å²) in [7, 11) is 0. The van der Waals surface area contributed by atoms with Gasteiger partial charge < -0.3 is 0 Å². The maximum absolute atomic E-state index is 3.48. The minimum Gasteiger partial charge on any atom is -0.0936 e. The van der Waals surface area contributed by atoms with Crippen LogP contribution in [0.15, 0.2) is 42.5 Å². The predicted octanol–water partition coefficient (Wildman–Crippen LogP) is 3.50. The molecule has 1 aromatic rings. The highest BCUT2D eigenvalue weighted by atomic mass is 14.4. The normalized spacial score (nSPS) is 34.8. The van der Waals surface area contributed by atoms with Crippen LogP contribution in [0.4, 0.5) is 0 Å². The van der Waals surface area contributed by atoms with Crippen LogP contribution in [-0.4, -0.2) is 0 Å². The third kappa shape index (κ3) is 1.57. The first-order valence-electron chi connectivity index (χ1n) is 6.09. The topological polar surface area (TPSA) is 0 Å². The average molecular weight is 208 g/mol. The van der Waals surface area contributed by atoms with Crippen LogP contribution in [0.1, 0.15) is 18.9 Å². The van der Waals surface area contributed by atoms with Crippen molar-refractivity contribution in [2.75, 3.05) is 0 Å². The summed E-state index contributed by atoms with van der Waals surface area (Å²) in [6, 6.07) is 10.3. The van der Waals surface area contributed by atoms with E-state index in [1.807, 2.05) is 18.2 Å². The zero-order valence-corrected chi connectivity index (χ0v) is 9.56. The Morgan fingerprint density at radius 3 is 2.50 bits per heavy atom. The van der Waals surface area contributed by atoms with E-state index >= 15 is 0 Å². The molecule has 0 amide bonds. The Labute approximate surface area is 97.4 Å². The highest BCUT2D eigenvalue weighted by Crippen LogP contribution is 2.47. The van der Waals surface area contributed by atoms with Gasteiger partial charge in [-0.25, -0.2) is 0 Å². The van der Waals surface area contributed by atoms with Gasteiger partial charge in [0.25, 0.3) is 0 Å². The Balaban J connectivity index is 1.82. The summed E-state index contributed by atoms with van der Waals surface area (Å²) in [5.41, 5.74) is 1.14. The van der Waals surface area contributed by atoms with Gasteiger partial charge in [0, 0.05) is 11.5 Å². The molecule has 0 N–H and O–H groups in total. The average Bonchev–Trinajstić information content (AvgIpc) is 2.89. The van der Waals surface area contributed by atoms with Crippen molar-refractivity contribution in [1.29, 1.82) is 0 Å². The molecule has 0 unspecified atom stereocenters. The molecule has 0 heterocycles. The molecule has 0 aliphatic heterocycles. The lowest BCUT2D eigenvalue weighted by atomic mass is 9.85. The largest absolute Gasteiger partial charge is 0.0936 e. The zero-order valence-electron chi connectivity index (χ0n) is 9.56. The number of hydrogen-bond donors (Lipinski definition) is 0. The van der Waals surface area contributed by atoms with Crippen LogP contribution in [0.5, 0.6) is 0 Å². The van der Waals surface area contributed by atoms with E-state index in [-0.39, 0.29) is 0 Å². The van der Waals surface area contributed by atoms with Gasteiger partial charge in [0.2, 0.25) is 0 Å². The molecule has 2 aliphatic carbocycles. The van der Waals surface area contributed by atoms with Crippen molar-refractivity contribution in [1.82, 2.24) is 0 Å². The third-order valence-corrected chi connectivity index (χ3v) is 4.01. The van der Waals surface area contributed by atoms with E-state index in [1.54, 1.807) is 0 Å². The molecule has 0 nitrogen and oxygen atoms in total. The minimum atomic E-state index is 0.579. The monoisotopic (exact) mass is 208 g/mol. The highest BCUT2D eigenvalue weighted by molar-refractivity contribution is 5.35. The van der Waals surface area contributed by atoms with Gasteiger partial charge in [-0.05, 0) is 36.3 Å². The fraction of sp³-hybridized carbons (Fsp3) is 0.375. The molecule has 3 rings (SSSR count). The third-order valence-electron chi connectivity index (χ3n) is 4.01. The molecule has 0 saturated heterocycles. The van der Waals surface area contributed by atoms with Crippen molar-refractivity contribution < 1.29 is 0 Å². The fourth-order valence-electron chi connectivity index (χ4n) is 3.00. The first-order valence-corrected chi connectivity index (χ1v) is 6.09. The molecule has 0 heteroatoms. The summed E-state index contributed by atoms with van der Waals surface area (Å²) < 4.78 is 0. The Kier molecular flexibility index (Phi) is 2.33. The lowest BCUT2D eigenvalue weighted by Crippen LogP contribution is -2.14. The first-order chi connectivity index (χ1) is 7.84. The molecular formula is C16H16. The van der Waals surface area contributed by atoms with Gasteiger partial charge in [-0.1, -0.05) is 49.1 Å². The van der Waals surface area contributed by atoms with Crippen LogP contribution < -0.4 is 0 Å².